The zero-order chi connectivity index (χ0) is 10.8. The second-order valence-electron chi connectivity index (χ2n) is 2.91. The Kier molecular flexibility index (Phi) is 6.26. The van der Waals surface area contributed by atoms with E-state index in [4.69, 9.17) is 9.47 Å². The first kappa shape index (κ1) is 11.7. The van der Waals surface area contributed by atoms with Crippen molar-refractivity contribution < 1.29 is 9.47 Å². The fraction of sp³-hybridized carbons (Fsp3) is 0.308. The van der Waals surface area contributed by atoms with Crippen LogP contribution in [-0.2, 0) is 9.47 Å². The van der Waals surface area contributed by atoms with Gasteiger partial charge < -0.3 is 9.47 Å². The third-order valence-electron chi connectivity index (χ3n) is 1.74. The van der Waals surface area contributed by atoms with Gasteiger partial charge in [0, 0.05) is 6.61 Å². The first-order valence-corrected chi connectivity index (χ1v) is 5.05. The average Bonchev–Trinajstić information content (AvgIpc) is 2.29. The molecule has 0 aliphatic heterocycles. The third kappa shape index (κ3) is 5.87. The van der Waals surface area contributed by atoms with Crippen LogP contribution in [0.15, 0.2) is 42.1 Å². The standard InChI is InChI=1S/C13H16O2/c1-2-14-12-15-11-7-6-10-13-8-4-3-5-9-13/h3-5,7-10H,2,11-12H2,1H3. The van der Waals surface area contributed by atoms with E-state index in [1.54, 1.807) is 0 Å². The van der Waals surface area contributed by atoms with Crippen molar-refractivity contribution in [1.29, 1.82) is 0 Å². The van der Waals surface area contributed by atoms with Crippen molar-refractivity contribution in [2.24, 2.45) is 0 Å². The van der Waals surface area contributed by atoms with Crippen LogP contribution in [0.25, 0.3) is 6.08 Å². The summed E-state index contributed by atoms with van der Waals surface area (Å²) in [5, 5.41) is 0. The molecule has 1 rings (SSSR count). The minimum Gasteiger partial charge on any atom is -0.356 e. The Morgan fingerprint density at radius 3 is 2.73 bits per heavy atom. The molecule has 15 heavy (non-hydrogen) atoms. The van der Waals surface area contributed by atoms with Gasteiger partial charge in [0.2, 0.25) is 0 Å². The van der Waals surface area contributed by atoms with E-state index in [0.29, 0.717) is 20.0 Å². The Balaban J connectivity index is 2.23. The summed E-state index contributed by atoms with van der Waals surface area (Å²) < 4.78 is 10.2. The van der Waals surface area contributed by atoms with E-state index < -0.39 is 0 Å². The molecule has 2 heteroatoms. The van der Waals surface area contributed by atoms with Gasteiger partial charge in [-0.2, -0.15) is 0 Å². The fourth-order valence-electron chi connectivity index (χ4n) is 1.00. The SMILES string of the molecule is CCOCOCC=C=Cc1ccccc1. The van der Waals surface area contributed by atoms with Gasteiger partial charge >= 0.3 is 0 Å². The lowest BCUT2D eigenvalue weighted by Gasteiger charge is -1.98. The van der Waals surface area contributed by atoms with Gasteiger partial charge in [-0.25, -0.2) is 0 Å². The van der Waals surface area contributed by atoms with Crippen molar-refractivity contribution in [3.05, 3.63) is 47.7 Å². The van der Waals surface area contributed by atoms with E-state index in [1.807, 2.05) is 49.4 Å². The first-order valence-electron chi connectivity index (χ1n) is 5.05. The summed E-state index contributed by atoms with van der Waals surface area (Å²) in [7, 11) is 0. The quantitative estimate of drug-likeness (QED) is 0.403. The predicted octanol–water partition coefficient (Wildman–Crippen LogP) is 2.87. The summed E-state index contributed by atoms with van der Waals surface area (Å²) in [6, 6.07) is 10.0. The Hall–Kier alpha value is -1.34. The van der Waals surface area contributed by atoms with Crippen molar-refractivity contribution in [3.63, 3.8) is 0 Å². The van der Waals surface area contributed by atoms with E-state index in [9.17, 15) is 0 Å². The molecule has 1 aromatic carbocycles. The monoisotopic (exact) mass is 204 g/mol. The molecule has 80 valence electrons. The summed E-state index contributed by atoms with van der Waals surface area (Å²) >= 11 is 0. The Bertz CT molecular complexity index is 311. The van der Waals surface area contributed by atoms with E-state index in [0.717, 1.165) is 5.56 Å². The Labute approximate surface area is 90.8 Å². The summed E-state index contributed by atoms with van der Waals surface area (Å²) in [6.07, 6.45) is 3.76. The Morgan fingerprint density at radius 2 is 2.00 bits per heavy atom. The molecule has 0 N–H and O–H groups in total. The highest BCUT2D eigenvalue weighted by atomic mass is 16.7. The number of hydrogen-bond acceptors (Lipinski definition) is 2. The van der Waals surface area contributed by atoms with Gasteiger partial charge in [-0.05, 0) is 24.6 Å². The molecule has 1 aromatic rings. The molecule has 0 bridgehead atoms. The van der Waals surface area contributed by atoms with Crippen LogP contribution in [0.1, 0.15) is 12.5 Å². The minimum atomic E-state index is 0.347. The molecule has 0 unspecified atom stereocenters. The second-order valence-corrected chi connectivity index (χ2v) is 2.91. The predicted molar refractivity (Wildman–Crippen MR) is 61.4 cm³/mol. The smallest absolute Gasteiger partial charge is 0.147 e. The van der Waals surface area contributed by atoms with Crippen LogP contribution in [0, 0.1) is 0 Å². The van der Waals surface area contributed by atoms with Crippen molar-refractivity contribution in [2.45, 2.75) is 6.92 Å². The number of hydrogen-bond donors (Lipinski definition) is 0. The summed E-state index contributed by atoms with van der Waals surface area (Å²) in [4.78, 5) is 0. The van der Waals surface area contributed by atoms with Gasteiger partial charge in [-0.3, -0.25) is 0 Å². The molecular formula is C13H16O2. The van der Waals surface area contributed by atoms with Crippen molar-refractivity contribution in [2.75, 3.05) is 20.0 Å². The zero-order valence-corrected chi connectivity index (χ0v) is 8.98. The highest BCUT2D eigenvalue weighted by Gasteiger charge is 1.81. The van der Waals surface area contributed by atoms with Crippen molar-refractivity contribution >= 4 is 6.08 Å². The van der Waals surface area contributed by atoms with Gasteiger partial charge in [-0.15, -0.1) is 5.73 Å². The molecule has 0 amide bonds. The lowest BCUT2D eigenvalue weighted by atomic mass is 10.2. The highest BCUT2D eigenvalue weighted by Crippen LogP contribution is 1.99. The summed E-state index contributed by atoms with van der Waals surface area (Å²) in [5.41, 5.74) is 4.19. The first-order chi connectivity index (χ1) is 7.43. The number of benzene rings is 1. The molecular weight excluding hydrogens is 188 g/mol. The molecule has 0 fully saturated rings. The second kappa shape index (κ2) is 8.01. The van der Waals surface area contributed by atoms with Gasteiger partial charge in [-0.1, -0.05) is 30.3 Å². The van der Waals surface area contributed by atoms with Crippen LogP contribution in [-0.4, -0.2) is 20.0 Å². The van der Waals surface area contributed by atoms with Gasteiger partial charge in [0.05, 0.1) is 6.61 Å². The number of ether oxygens (including phenoxy) is 2. The van der Waals surface area contributed by atoms with Crippen LogP contribution < -0.4 is 0 Å². The highest BCUT2D eigenvalue weighted by molar-refractivity contribution is 5.47. The van der Waals surface area contributed by atoms with E-state index in [1.165, 1.54) is 0 Å². The summed E-state index contributed by atoms with van der Waals surface area (Å²) in [5.74, 6) is 0. The molecule has 2 nitrogen and oxygen atoms in total. The molecule has 0 spiro atoms. The maximum atomic E-state index is 5.15. The lowest BCUT2D eigenvalue weighted by molar-refractivity contribution is -0.0389. The van der Waals surface area contributed by atoms with Crippen molar-refractivity contribution in [3.8, 4) is 0 Å². The van der Waals surface area contributed by atoms with Gasteiger partial charge in [0.15, 0.2) is 0 Å². The average molecular weight is 204 g/mol. The molecule has 0 aromatic heterocycles. The zero-order valence-electron chi connectivity index (χ0n) is 8.98. The summed E-state index contributed by atoms with van der Waals surface area (Å²) in [6.45, 7) is 3.50. The fourth-order valence-corrected chi connectivity index (χ4v) is 1.00. The molecule has 0 radical (unpaired) electrons. The van der Waals surface area contributed by atoms with Crippen LogP contribution >= 0.6 is 0 Å². The molecule has 0 heterocycles. The molecule has 0 aliphatic rings. The van der Waals surface area contributed by atoms with Crippen molar-refractivity contribution in [1.82, 2.24) is 0 Å². The third-order valence-corrected chi connectivity index (χ3v) is 1.74. The molecule has 0 atom stereocenters. The lowest BCUT2D eigenvalue weighted by Crippen LogP contribution is -1.98. The van der Waals surface area contributed by atoms with Crippen LogP contribution in [0.4, 0.5) is 0 Å². The normalized spacial score (nSPS) is 9.40. The minimum absolute atomic E-state index is 0.347. The molecule has 0 aliphatic carbocycles. The Morgan fingerprint density at radius 1 is 1.20 bits per heavy atom. The molecule has 0 saturated carbocycles. The van der Waals surface area contributed by atoms with E-state index in [-0.39, 0.29) is 0 Å². The maximum absolute atomic E-state index is 5.15. The topological polar surface area (TPSA) is 18.5 Å². The van der Waals surface area contributed by atoms with Gasteiger partial charge in [0.25, 0.3) is 0 Å². The number of rotatable bonds is 6. The van der Waals surface area contributed by atoms with Crippen LogP contribution in [0.3, 0.4) is 0 Å². The molecule has 0 saturated heterocycles. The van der Waals surface area contributed by atoms with Gasteiger partial charge in [0.1, 0.15) is 6.79 Å². The maximum Gasteiger partial charge on any atom is 0.147 e. The van der Waals surface area contributed by atoms with E-state index in [2.05, 4.69) is 5.73 Å². The van der Waals surface area contributed by atoms with E-state index >= 15 is 0 Å². The van der Waals surface area contributed by atoms with Crippen LogP contribution in [0.5, 0.6) is 0 Å². The largest absolute Gasteiger partial charge is 0.356 e. The van der Waals surface area contributed by atoms with Crippen LogP contribution in [0.2, 0.25) is 0 Å².